The highest BCUT2D eigenvalue weighted by Crippen LogP contribution is 2.23. The molecule has 3 heteroatoms. The van der Waals surface area contributed by atoms with Crippen molar-refractivity contribution in [3.8, 4) is 0 Å². The van der Waals surface area contributed by atoms with E-state index in [1.54, 1.807) is 0 Å². The highest BCUT2D eigenvalue weighted by atomic mass is 16.5. The van der Waals surface area contributed by atoms with Gasteiger partial charge in [0.15, 0.2) is 0 Å². The molecule has 3 nitrogen and oxygen atoms in total. The second-order valence-corrected chi connectivity index (χ2v) is 6.45. The highest BCUT2D eigenvalue weighted by molar-refractivity contribution is 5.83. The number of hydrogen-bond donors (Lipinski definition) is 0. The molecule has 0 N–H and O–H groups in total. The fourth-order valence-corrected chi connectivity index (χ4v) is 2.40. The zero-order valence-electron chi connectivity index (χ0n) is 13.5. The first-order valence-electron chi connectivity index (χ1n) is 7.33. The maximum Gasteiger partial charge on any atom is 0.311 e. The SMILES string of the molecule is Cc1nc2ccccc2c(C)c1CCOC(=O)C(C)(C)C. The third kappa shape index (κ3) is 3.41. The predicted octanol–water partition coefficient (Wildman–Crippen LogP) is 3.98. The number of para-hydroxylation sites is 1. The van der Waals surface area contributed by atoms with E-state index in [1.165, 1.54) is 16.5 Å². The normalized spacial score (nSPS) is 11.7. The number of esters is 1. The minimum atomic E-state index is -0.453. The van der Waals surface area contributed by atoms with Crippen molar-refractivity contribution in [2.75, 3.05) is 6.61 Å². The van der Waals surface area contributed by atoms with Crippen LogP contribution in [0.5, 0.6) is 0 Å². The van der Waals surface area contributed by atoms with Crippen LogP contribution in [0.1, 0.15) is 37.6 Å². The Morgan fingerprint density at radius 3 is 2.52 bits per heavy atom. The van der Waals surface area contributed by atoms with Crippen LogP contribution in [0.3, 0.4) is 0 Å². The summed E-state index contributed by atoms with van der Waals surface area (Å²) in [6.07, 6.45) is 0.706. The zero-order valence-corrected chi connectivity index (χ0v) is 13.5. The van der Waals surface area contributed by atoms with Crippen molar-refractivity contribution < 1.29 is 9.53 Å². The maximum absolute atomic E-state index is 11.8. The molecule has 112 valence electrons. The van der Waals surface area contributed by atoms with Gasteiger partial charge in [-0.1, -0.05) is 18.2 Å². The van der Waals surface area contributed by atoms with Gasteiger partial charge in [0.1, 0.15) is 0 Å². The Morgan fingerprint density at radius 1 is 1.19 bits per heavy atom. The lowest BCUT2D eigenvalue weighted by Crippen LogP contribution is -2.24. The summed E-state index contributed by atoms with van der Waals surface area (Å²) in [5.41, 5.74) is 3.98. The van der Waals surface area contributed by atoms with Crippen LogP contribution in [-0.4, -0.2) is 17.6 Å². The highest BCUT2D eigenvalue weighted by Gasteiger charge is 2.23. The summed E-state index contributed by atoms with van der Waals surface area (Å²) in [5, 5.41) is 1.17. The lowest BCUT2D eigenvalue weighted by Gasteiger charge is -2.17. The molecule has 2 rings (SSSR count). The fourth-order valence-electron chi connectivity index (χ4n) is 2.40. The van der Waals surface area contributed by atoms with Crippen LogP contribution in [0, 0.1) is 19.3 Å². The molecule has 0 bridgehead atoms. The summed E-state index contributed by atoms with van der Waals surface area (Å²) in [6, 6.07) is 8.13. The number of pyridine rings is 1. The minimum Gasteiger partial charge on any atom is -0.465 e. The van der Waals surface area contributed by atoms with Crippen molar-refractivity contribution in [2.24, 2.45) is 5.41 Å². The molecule has 21 heavy (non-hydrogen) atoms. The Bertz CT molecular complexity index is 669. The van der Waals surface area contributed by atoms with Gasteiger partial charge in [0, 0.05) is 17.5 Å². The van der Waals surface area contributed by atoms with E-state index in [0.717, 1.165) is 11.2 Å². The van der Waals surface area contributed by atoms with E-state index in [-0.39, 0.29) is 5.97 Å². The third-order valence-electron chi connectivity index (χ3n) is 3.68. The first-order chi connectivity index (χ1) is 9.80. The molecular weight excluding hydrogens is 262 g/mol. The van der Waals surface area contributed by atoms with Gasteiger partial charge in [0.2, 0.25) is 0 Å². The Kier molecular flexibility index (Phi) is 4.31. The Hall–Kier alpha value is -1.90. The molecule has 1 heterocycles. The number of aryl methyl sites for hydroxylation is 2. The number of aromatic nitrogens is 1. The van der Waals surface area contributed by atoms with Crippen LogP contribution in [0.2, 0.25) is 0 Å². The van der Waals surface area contributed by atoms with Gasteiger partial charge in [0.25, 0.3) is 0 Å². The second-order valence-electron chi connectivity index (χ2n) is 6.45. The van der Waals surface area contributed by atoms with Crippen LogP contribution >= 0.6 is 0 Å². The summed E-state index contributed by atoms with van der Waals surface area (Å²) in [6.45, 7) is 10.1. The minimum absolute atomic E-state index is 0.161. The van der Waals surface area contributed by atoms with Crippen LogP contribution in [-0.2, 0) is 16.0 Å². The van der Waals surface area contributed by atoms with E-state index in [2.05, 4.69) is 18.0 Å². The Balaban J connectivity index is 2.17. The first kappa shape index (κ1) is 15.5. The lowest BCUT2D eigenvalue weighted by atomic mass is 9.97. The van der Waals surface area contributed by atoms with Crippen LogP contribution in [0.15, 0.2) is 24.3 Å². The van der Waals surface area contributed by atoms with Gasteiger partial charge in [0.05, 0.1) is 17.5 Å². The molecule has 2 aromatic rings. The van der Waals surface area contributed by atoms with Crippen molar-refractivity contribution >= 4 is 16.9 Å². The average molecular weight is 285 g/mol. The van der Waals surface area contributed by atoms with Gasteiger partial charge in [-0.25, -0.2) is 0 Å². The summed E-state index contributed by atoms with van der Waals surface area (Å²) >= 11 is 0. The molecular formula is C18H23NO2. The molecule has 0 aliphatic carbocycles. The second kappa shape index (κ2) is 5.84. The number of rotatable bonds is 3. The molecule has 1 aromatic heterocycles. The van der Waals surface area contributed by atoms with Gasteiger partial charge in [-0.05, 0) is 51.8 Å². The van der Waals surface area contributed by atoms with Crippen LogP contribution in [0.25, 0.3) is 10.9 Å². The number of nitrogens with zero attached hydrogens (tertiary/aromatic N) is 1. The van der Waals surface area contributed by atoms with E-state index in [4.69, 9.17) is 4.74 Å². The van der Waals surface area contributed by atoms with E-state index in [1.807, 2.05) is 45.9 Å². The zero-order chi connectivity index (χ0) is 15.6. The Morgan fingerprint density at radius 2 is 1.86 bits per heavy atom. The molecule has 0 aliphatic heterocycles. The third-order valence-corrected chi connectivity index (χ3v) is 3.68. The number of carbonyl (C=O) groups excluding carboxylic acids is 1. The van der Waals surface area contributed by atoms with Gasteiger partial charge in [-0.3, -0.25) is 9.78 Å². The molecule has 0 unspecified atom stereocenters. The first-order valence-corrected chi connectivity index (χ1v) is 7.33. The topological polar surface area (TPSA) is 39.2 Å². The van der Waals surface area contributed by atoms with Gasteiger partial charge >= 0.3 is 5.97 Å². The summed E-state index contributed by atoms with van der Waals surface area (Å²) in [7, 11) is 0. The molecule has 0 atom stereocenters. The van der Waals surface area contributed by atoms with Crippen molar-refractivity contribution in [1.29, 1.82) is 0 Å². The van der Waals surface area contributed by atoms with E-state index >= 15 is 0 Å². The van der Waals surface area contributed by atoms with Crippen molar-refractivity contribution in [2.45, 2.75) is 41.0 Å². The summed E-state index contributed by atoms with van der Waals surface area (Å²) < 4.78 is 5.37. The van der Waals surface area contributed by atoms with Gasteiger partial charge < -0.3 is 4.74 Å². The van der Waals surface area contributed by atoms with Gasteiger partial charge in [-0.2, -0.15) is 0 Å². The molecule has 0 saturated heterocycles. The largest absolute Gasteiger partial charge is 0.465 e. The predicted molar refractivity (Wildman–Crippen MR) is 85.3 cm³/mol. The van der Waals surface area contributed by atoms with Crippen molar-refractivity contribution in [3.63, 3.8) is 0 Å². The average Bonchev–Trinajstić information content (AvgIpc) is 2.41. The molecule has 0 amide bonds. The smallest absolute Gasteiger partial charge is 0.311 e. The molecule has 1 aromatic carbocycles. The van der Waals surface area contributed by atoms with E-state index < -0.39 is 5.41 Å². The number of benzene rings is 1. The number of hydrogen-bond acceptors (Lipinski definition) is 3. The van der Waals surface area contributed by atoms with Gasteiger partial charge in [-0.15, -0.1) is 0 Å². The quantitative estimate of drug-likeness (QED) is 0.801. The molecule has 0 fully saturated rings. The summed E-state index contributed by atoms with van der Waals surface area (Å²) in [4.78, 5) is 16.4. The molecule has 0 radical (unpaired) electrons. The molecule has 0 aliphatic rings. The van der Waals surface area contributed by atoms with Crippen LogP contribution in [0.4, 0.5) is 0 Å². The molecule has 0 spiro atoms. The van der Waals surface area contributed by atoms with E-state index in [9.17, 15) is 4.79 Å². The molecule has 0 saturated carbocycles. The lowest BCUT2D eigenvalue weighted by molar-refractivity contribution is -0.152. The standard InChI is InChI=1S/C18H23NO2/c1-12-14(10-11-21-17(20)18(3,4)5)13(2)19-16-9-7-6-8-15(12)16/h6-9H,10-11H2,1-5H3. The van der Waals surface area contributed by atoms with E-state index in [0.29, 0.717) is 13.0 Å². The Labute approximate surface area is 126 Å². The maximum atomic E-state index is 11.8. The summed E-state index contributed by atoms with van der Waals surface area (Å²) in [5.74, 6) is -0.161. The van der Waals surface area contributed by atoms with Crippen molar-refractivity contribution in [1.82, 2.24) is 4.98 Å². The fraction of sp³-hybridized carbons (Fsp3) is 0.444. The van der Waals surface area contributed by atoms with Crippen LogP contribution < -0.4 is 0 Å². The van der Waals surface area contributed by atoms with Crippen molar-refractivity contribution in [3.05, 3.63) is 41.1 Å². The number of fused-ring (bicyclic) bond motifs is 1. The number of carbonyl (C=O) groups is 1. The monoisotopic (exact) mass is 285 g/mol. The number of ether oxygens (including phenoxy) is 1.